The molecular formula is C47H80O12S. The Morgan fingerprint density at radius 1 is 0.650 bits per heavy atom. The topological polar surface area (TPSA) is 178 Å². The van der Waals surface area contributed by atoms with Crippen LogP contribution in [0.4, 0.5) is 0 Å². The Balaban J connectivity index is 2.47. The lowest BCUT2D eigenvalue weighted by Gasteiger charge is -2.41. The first-order valence-corrected chi connectivity index (χ1v) is 24.1. The standard InChI is InChI=1S/C47H80O12S/c1-3-5-7-9-11-13-15-17-19-21-22-24-26-28-30-32-34-36-43(49)57-41(40-56-47-45(51)46(59-60(52,53)54)44(50)42(38-48)58-47)39-55-37-35-33-31-29-27-25-23-20-18-16-14-12-10-8-6-4-2/h5,7,11-14,17-20,22,24,41-42,44-48,50-51H,3-4,6,8-10,15-16,21,23,25-40H2,1-2H3,(H,52,53,54)/b7-5-,13-11-,14-12-,19-17-,20-18-,24-22-. The van der Waals surface area contributed by atoms with E-state index < -0.39 is 59.8 Å². The number of ether oxygens (including phenoxy) is 4. The monoisotopic (exact) mass is 869 g/mol. The Kier molecular flexibility index (Phi) is 35.4. The van der Waals surface area contributed by atoms with Crippen LogP contribution in [0.5, 0.6) is 0 Å². The summed E-state index contributed by atoms with van der Waals surface area (Å²) in [5.74, 6) is -0.429. The smallest absolute Gasteiger partial charge is 0.397 e. The minimum atomic E-state index is -5.07. The number of hydrogen-bond acceptors (Lipinski definition) is 11. The molecule has 1 aliphatic rings. The fraction of sp³-hybridized carbons (Fsp3) is 0.723. The van der Waals surface area contributed by atoms with Crippen molar-refractivity contribution in [3.8, 4) is 0 Å². The summed E-state index contributed by atoms with van der Waals surface area (Å²) < 4.78 is 59.0. The van der Waals surface area contributed by atoms with E-state index in [9.17, 15) is 28.5 Å². The van der Waals surface area contributed by atoms with Gasteiger partial charge in [0.2, 0.25) is 0 Å². The molecule has 1 fully saturated rings. The van der Waals surface area contributed by atoms with Gasteiger partial charge in [0.15, 0.2) is 6.29 Å². The molecule has 0 aromatic heterocycles. The van der Waals surface area contributed by atoms with Crippen molar-refractivity contribution in [2.75, 3.05) is 26.4 Å². The fourth-order valence-corrected chi connectivity index (χ4v) is 6.91. The van der Waals surface area contributed by atoms with Crippen LogP contribution in [-0.2, 0) is 38.3 Å². The van der Waals surface area contributed by atoms with Crippen LogP contribution in [0.15, 0.2) is 72.9 Å². The van der Waals surface area contributed by atoms with Gasteiger partial charge < -0.3 is 34.3 Å². The lowest BCUT2D eigenvalue weighted by molar-refractivity contribution is -0.301. The van der Waals surface area contributed by atoms with Gasteiger partial charge in [0.25, 0.3) is 0 Å². The SMILES string of the molecule is CC/C=C\C/C=C\C/C=C\C/C=C\CCCCCCC(=O)OC(COCCCCCCCC/C=C\C/C=C\CCCCC)COC1OC(CO)C(O)C(OS(=O)(=O)O)C1O. The average Bonchev–Trinajstić information content (AvgIpc) is 3.22. The normalized spacial score (nSPS) is 20.9. The van der Waals surface area contributed by atoms with Gasteiger partial charge in [0, 0.05) is 13.0 Å². The molecule has 0 amide bonds. The Labute approximate surface area is 362 Å². The van der Waals surface area contributed by atoms with E-state index in [4.69, 9.17) is 23.5 Å². The van der Waals surface area contributed by atoms with E-state index in [-0.39, 0.29) is 19.6 Å². The minimum absolute atomic E-state index is 0.0146. The number of aliphatic hydroxyl groups excluding tert-OH is 3. The number of aliphatic hydroxyl groups is 3. The van der Waals surface area contributed by atoms with Crippen LogP contribution < -0.4 is 0 Å². The molecule has 1 aliphatic heterocycles. The van der Waals surface area contributed by atoms with Gasteiger partial charge in [-0.15, -0.1) is 0 Å². The molecule has 60 heavy (non-hydrogen) atoms. The van der Waals surface area contributed by atoms with Gasteiger partial charge in [-0.2, -0.15) is 8.42 Å². The maximum absolute atomic E-state index is 12.8. The first kappa shape index (κ1) is 55.6. The molecule has 1 heterocycles. The lowest BCUT2D eigenvalue weighted by Crippen LogP contribution is -2.60. The fourth-order valence-electron chi connectivity index (χ4n) is 6.40. The van der Waals surface area contributed by atoms with Crippen molar-refractivity contribution in [2.24, 2.45) is 0 Å². The number of rotatable bonds is 38. The van der Waals surface area contributed by atoms with E-state index >= 15 is 0 Å². The van der Waals surface area contributed by atoms with Crippen molar-refractivity contribution in [3.63, 3.8) is 0 Å². The summed E-state index contributed by atoms with van der Waals surface area (Å²) in [6, 6.07) is 0. The van der Waals surface area contributed by atoms with Crippen LogP contribution >= 0.6 is 0 Å². The highest BCUT2D eigenvalue weighted by atomic mass is 32.3. The highest BCUT2D eigenvalue weighted by Gasteiger charge is 2.48. The molecule has 13 heteroatoms. The Hall–Kier alpha value is -2.46. The van der Waals surface area contributed by atoms with E-state index in [1.807, 2.05) is 0 Å². The van der Waals surface area contributed by atoms with Gasteiger partial charge in [-0.1, -0.05) is 138 Å². The van der Waals surface area contributed by atoms with Crippen molar-refractivity contribution in [1.82, 2.24) is 0 Å². The zero-order chi connectivity index (χ0) is 43.9. The van der Waals surface area contributed by atoms with Gasteiger partial charge in [-0.3, -0.25) is 9.35 Å². The van der Waals surface area contributed by atoms with E-state index in [2.05, 4.69) is 90.9 Å². The predicted octanol–water partition coefficient (Wildman–Crippen LogP) is 9.52. The van der Waals surface area contributed by atoms with Gasteiger partial charge in [-0.25, -0.2) is 4.18 Å². The molecule has 6 atom stereocenters. The van der Waals surface area contributed by atoms with E-state index in [1.165, 1.54) is 38.5 Å². The van der Waals surface area contributed by atoms with E-state index in [1.54, 1.807) is 0 Å². The molecule has 0 aromatic rings. The van der Waals surface area contributed by atoms with Crippen LogP contribution in [0.3, 0.4) is 0 Å². The second-order valence-corrected chi connectivity index (χ2v) is 16.3. The number of esters is 1. The van der Waals surface area contributed by atoms with Crippen LogP contribution in [0.25, 0.3) is 0 Å². The van der Waals surface area contributed by atoms with E-state index in [0.29, 0.717) is 13.0 Å². The van der Waals surface area contributed by atoms with Crippen molar-refractivity contribution >= 4 is 16.4 Å². The molecular weight excluding hydrogens is 789 g/mol. The van der Waals surface area contributed by atoms with Crippen LogP contribution in [0, 0.1) is 0 Å². The minimum Gasteiger partial charge on any atom is -0.457 e. The number of carbonyl (C=O) groups is 1. The average molecular weight is 869 g/mol. The molecule has 12 nitrogen and oxygen atoms in total. The van der Waals surface area contributed by atoms with Gasteiger partial charge in [-0.05, 0) is 83.5 Å². The van der Waals surface area contributed by atoms with E-state index in [0.717, 1.165) is 89.9 Å². The summed E-state index contributed by atoms with van der Waals surface area (Å²) in [4.78, 5) is 12.8. The van der Waals surface area contributed by atoms with Crippen molar-refractivity contribution in [2.45, 2.75) is 192 Å². The number of carbonyl (C=O) groups excluding carboxylic acids is 1. The Morgan fingerprint density at radius 3 is 1.68 bits per heavy atom. The molecule has 0 saturated carbocycles. The molecule has 1 rings (SSSR count). The van der Waals surface area contributed by atoms with Gasteiger partial charge >= 0.3 is 16.4 Å². The Morgan fingerprint density at radius 2 is 1.15 bits per heavy atom. The summed E-state index contributed by atoms with van der Waals surface area (Å²) >= 11 is 0. The Bertz CT molecular complexity index is 1330. The summed E-state index contributed by atoms with van der Waals surface area (Å²) in [6.07, 6.45) is 39.3. The quantitative estimate of drug-likeness (QED) is 0.0200. The molecule has 0 spiro atoms. The third kappa shape index (κ3) is 31.4. The highest BCUT2D eigenvalue weighted by molar-refractivity contribution is 7.80. The van der Waals surface area contributed by atoms with Crippen LogP contribution in [0.1, 0.15) is 155 Å². The summed E-state index contributed by atoms with van der Waals surface area (Å²) in [6.45, 7) is 3.77. The van der Waals surface area contributed by atoms with Crippen LogP contribution in [-0.4, -0.2) is 97.5 Å². The first-order valence-electron chi connectivity index (χ1n) is 22.7. The number of allylic oxidation sites excluding steroid dienone is 12. The molecule has 346 valence electrons. The third-order valence-corrected chi connectivity index (χ3v) is 10.3. The second-order valence-electron chi connectivity index (χ2n) is 15.3. The zero-order valence-corrected chi connectivity index (χ0v) is 37.6. The van der Waals surface area contributed by atoms with Crippen molar-refractivity contribution in [3.05, 3.63) is 72.9 Å². The number of unbranched alkanes of at least 4 members (excludes halogenated alkanes) is 13. The molecule has 0 radical (unpaired) electrons. The lowest BCUT2D eigenvalue weighted by atomic mass is 9.99. The molecule has 6 unspecified atom stereocenters. The van der Waals surface area contributed by atoms with Crippen LogP contribution in [0.2, 0.25) is 0 Å². The molecule has 1 saturated heterocycles. The molecule has 4 N–H and O–H groups in total. The summed E-state index contributed by atoms with van der Waals surface area (Å²) in [5.41, 5.74) is 0. The zero-order valence-electron chi connectivity index (χ0n) is 36.7. The number of hydrogen-bond donors (Lipinski definition) is 4. The van der Waals surface area contributed by atoms with Crippen molar-refractivity contribution in [1.29, 1.82) is 0 Å². The molecule has 0 aliphatic carbocycles. The summed E-state index contributed by atoms with van der Waals surface area (Å²) in [5, 5.41) is 30.7. The highest BCUT2D eigenvalue weighted by Crippen LogP contribution is 2.26. The second kappa shape index (κ2) is 38.2. The van der Waals surface area contributed by atoms with Gasteiger partial charge in [0.1, 0.15) is 30.5 Å². The third-order valence-electron chi connectivity index (χ3n) is 9.81. The maximum atomic E-state index is 12.8. The largest absolute Gasteiger partial charge is 0.457 e. The van der Waals surface area contributed by atoms with Gasteiger partial charge in [0.05, 0.1) is 19.8 Å². The van der Waals surface area contributed by atoms with Crippen molar-refractivity contribution < 1.29 is 56.2 Å². The molecule has 0 bridgehead atoms. The predicted molar refractivity (Wildman–Crippen MR) is 239 cm³/mol. The molecule has 0 aromatic carbocycles. The first-order chi connectivity index (χ1) is 29.1. The summed E-state index contributed by atoms with van der Waals surface area (Å²) in [7, 11) is -5.07. The maximum Gasteiger partial charge on any atom is 0.397 e.